The zero-order valence-corrected chi connectivity index (χ0v) is 15.8. The number of fused-ring (bicyclic) bond motifs is 1. The highest BCUT2D eigenvalue weighted by Crippen LogP contribution is 2.30. The van der Waals surface area contributed by atoms with Crippen LogP contribution < -0.4 is 4.72 Å². The molecule has 0 spiro atoms. The molecule has 0 aliphatic heterocycles. The minimum Gasteiger partial charge on any atom is -0.387 e. The average Bonchev–Trinajstić information content (AvgIpc) is 3.36. The number of aliphatic hydroxyl groups is 1. The van der Waals surface area contributed by atoms with Gasteiger partial charge in [-0.25, -0.2) is 17.5 Å². The van der Waals surface area contributed by atoms with E-state index in [4.69, 9.17) is 0 Å². The molecule has 2 aromatic heterocycles. The van der Waals surface area contributed by atoms with Crippen LogP contribution in [-0.2, 0) is 10.0 Å². The van der Waals surface area contributed by atoms with Gasteiger partial charge in [0, 0.05) is 16.8 Å². The zero-order valence-electron chi connectivity index (χ0n) is 14.2. The number of nitrogens with zero attached hydrogens (tertiary/aromatic N) is 3. The van der Waals surface area contributed by atoms with E-state index in [0.29, 0.717) is 5.56 Å². The molecular weight excluding hydrogens is 405 g/mol. The molecule has 0 radical (unpaired) electrons. The number of rotatable bonds is 6. The van der Waals surface area contributed by atoms with Crippen LogP contribution in [0.1, 0.15) is 11.7 Å². The Kier molecular flexibility index (Phi) is 4.89. The SMILES string of the molecule is O=S(=O)(NCC(O)c1csc2ccccc12)c1ccc(F)c(-c2nn[nH]n2)c1. The van der Waals surface area contributed by atoms with E-state index in [2.05, 4.69) is 25.3 Å². The van der Waals surface area contributed by atoms with Crippen molar-refractivity contribution in [1.29, 1.82) is 0 Å². The van der Waals surface area contributed by atoms with Crippen molar-refractivity contribution in [2.75, 3.05) is 6.54 Å². The van der Waals surface area contributed by atoms with Crippen LogP contribution in [-0.4, -0.2) is 40.7 Å². The molecule has 4 aromatic rings. The van der Waals surface area contributed by atoms with Crippen molar-refractivity contribution in [2.45, 2.75) is 11.0 Å². The van der Waals surface area contributed by atoms with Crippen LogP contribution in [0, 0.1) is 5.82 Å². The van der Waals surface area contributed by atoms with Crippen LogP contribution in [0.2, 0.25) is 0 Å². The maximum atomic E-state index is 14.0. The number of aromatic amines is 1. The average molecular weight is 419 g/mol. The monoisotopic (exact) mass is 419 g/mol. The molecule has 1 atom stereocenters. The Balaban J connectivity index is 1.55. The number of aromatic nitrogens is 4. The summed E-state index contributed by atoms with van der Waals surface area (Å²) >= 11 is 1.47. The van der Waals surface area contributed by atoms with Gasteiger partial charge in [0.05, 0.1) is 16.6 Å². The lowest BCUT2D eigenvalue weighted by Gasteiger charge is -2.12. The Morgan fingerprint density at radius 3 is 2.86 bits per heavy atom. The normalized spacial score (nSPS) is 13.1. The van der Waals surface area contributed by atoms with Gasteiger partial charge in [-0.3, -0.25) is 0 Å². The molecule has 11 heteroatoms. The van der Waals surface area contributed by atoms with E-state index in [1.54, 1.807) is 5.38 Å². The second-order valence-electron chi connectivity index (χ2n) is 5.93. The van der Waals surface area contributed by atoms with E-state index in [1.807, 2.05) is 24.3 Å². The van der Waals surface area contributed by atoms with Crippen LogP contribution in [0.5, 0.6) is 0 Å². The first-order chi connectivity index (χ1) is 13.5. The molecule has 144 valence electrons. The number of aliphatic hydroxyl groups excluding tert-OH is 1. The highest BCUT2D eigenvalue weighted by molar-refractivity contribution is 7.89. The minimum atomic E-state index is -3.99. The first-order valence-corrected chi connectivity index (χ1v) is 10.5. The number of halogens is 1. The molecule has 28 heavy (non-hydrogen) atoms. The Hall–Kier alpha value is -2.73. The van der Waals surface area contributed by atoms with Crippen molar-refractivity contribution < 1.29 is 17.9 Å². The summed E-state index contributed by atoms with van der Waals surface area (Å²) < 4.78 is 42.5. The van der Waals surface area contributed by atoms with E-state index in [1.165, 1.54) is 11.3 Å². The Morgan fingerprint density at radius 2 is 2.07 bits per heavy atom. The van der Waals surface area contributed by atoms with Gasteiger partial charge in [-0.15, -0.1) is 21.5 Å². The van der Waals surface area contributed by atoms with Gasteiger partial charge in [0.15, 0.2) is 0 Å². The predicted molar refractivity (Wildman–Crippen MR) is 102 cm³/mol. The Labute approximate surface area is 163 Å². The molecule has 8 nitrogen and oxygen atoms in total. The van der Waals surface area contributed by atoms with E-state index < -0.39 is 21.9 Å². The fourth-order valence-electron chi connectivity index (χ4n) is 2.76. The first-order valence-electron chi connectivity index (χ1n) is 8.13. The van der Waals surface area contributed by atoms with E-state index >= 15 is 0 Å². The number of nitrogens with one attached hydrogen (secondary N) is 2. The minimum absolute atomic E-state index is 0.0562. The molecule has 2 heterocycles. The van der Waals surface area contributed by atoms with Crippen molar-refractivity contribution in [3.63, 3.8) is 0 Å². The summed E-state index contributed by atoms with van der Waals surface area (Å²) in [6.45, 7) is -0.224. The highest BCUT2D eigenvalue weighted by Gasteiger charge is 2.21. The summed E-state index contributed by atoms with van der Waals surface area (Å²) in [5.41, 5.74) is 0.552. The van der Waals surface area contributed by atoms with Crippen molar-refractivity contribution >= 4 is 31.4 Å². The number of hydrogen-bond acceptors (Lipinski definition) is 7. The predicted octanol–water partition coefficient (Wildman–Crippen LogP) is 2.23. The van der Waals surface area contributed by atoms with Crippen LogP contribution >= 0.6 is 11.3 Å². The maximum absolute atomic E-state index is 14.0. The molecule has 0 saturated carbocycles. The van der Waals surface area contributed by atoms with Crippen LogP contribution in [0.25, 0.3) is 21.5 Å². The van der Waals surface area contributed by atoms with Crippen molar-refractivity contribution in [2.24, 2.45) is 0 Å². The number of benzene rings is 2. The molecule has 0 aliphatic carbocycles. The fourth-order valence-corrected chi connectivity index (χ4v) is 4.83. The lowest BCUT2D eigenvalue weighted by Crippen LogP contribution is -2.28. The van der Waals surface area contributed by atoms with Crippen LogP contribution in [0.15, 0.2) is 52.7 Å². The van der Waals surface area contributed by atoms with Crippen molar-refractivity contribution in [1.82, 2.24) is 25.3 Å². The zero-order chi connectivity index (χ0) is 19.7. The van der Waals surface area contributed by atoms with Crippen LogP contribution in [0.3, 0.4) is 0 Å². The molecule has 0 fully saturated rings. The van der Waals surface area contributed by atoms with E-state index in [9.17, 15) is 17.9 Å². The molecule has 4 rings (SSSR count). The van der Waals surface area contributed by atoms with Gasteiger partial charge in [-0.05, 0) is 40.2 Å². The number of sulfonamides is 1. The summed E-state index contributed by atoms with van der Waals surface area (Å²) in [6, 6.07) is 10.8. The molecular formula is C17H14FN5O3S2. The van der Waals surface area contributed by atoms with E-state index in [-0.39, 0.29) is 22.8 Å². The smallest absolute Gasteiger partial charge is 0.240 e. The molecule has 0 bridgehead atoms. The van der Waals surface area contributed by atoms with Gasteiger partial charge in [0.25, 0.3) is 0 Å². The standard InChI is InChI=1S/C17H14FN5O3S2/c18-14-6-5-10(7-12(14)17-20-22-23-21-17)28(25,26)19-8-15(24)13-9-27-16-4-2-1-3-11(13)16/h1-7,9,15,19,24H,8H2,(H,20,21,22,23). The molecule has 0 amide bonds. The third-order valence-corrected chi connectivity index (χ3v) is 6.57. The van der Waals surface area contributed by atoms with Crippen molar-refractivity contribution in [3.05, 3.63) is 59.2 Å². The molecule has 1 unspecified atom stereocenters. The fraction of sp³-hybridized carbons (Fsp3) is 0.118. The summed E-state index contributed by atoms with van der Waals surface area (Å²) in [5, 5.41) is 26.0. The molecule has 2 aromatic carbocycles. The Bertz CT molecular complexity index is 1220. The van der Waals surface area contributed by atoms with Gasteiger partial charge in [-0.1, -0.05) is 18.2 Å². The second kappa shape index (κ2) is 7.36. The summed E-state index contributed by atoms with van der Waals surface area (Å²) in [7, 11) is -3.99. The highest BCUT2D eigenvalue weighted by atomic mass is 32.2. The first kappa shape index (κ1) is 18.6. The van der Waals surface area contributed by atoms with Gasteiger partial charge in [0.2, 0.25) is 15.8 Å². The summed E-state index contributed by atoms with van der Waals surface area (Å²) in [6.07, 6.45) is -1.02. The van der Waals surface area contributed by atoms with Gasteiger partial charge in [0.1, 0.15) is 5.82 Å². The molecule has 0 saturated heterocycles. The van der Waals surface area contributed by atoms with Gasteiger partial charge >= 0.3 is 0 Å². The molecule has 0 aliphatic rings. The Morgan fingerprint density at radius 1 is 1.25 bits per heavy atom. The largest absolute Gasteiger partial charge is 0.387 e. The third-order valence-electron chi connectivity index (χ3n) is 4.17. The maximum Gasteiger partial charge on any atom is 0.240 e. The summed E-state index contributed by atoms with van der Waals surface area (Å²) in [4.78, 5) is -0.170. The van der Waals surface area contributed by atoms with Gasteiger partial charge < -0.3 is 5.11 Å². The molecule has 3 N–H and O–H groups in total. The number of thiophene rings is 1. The van der Waals surface area contributed by atoms with Gasteiger partial charge in [-0.2, -0.15) is 5.21 Å². The number of tetrazole rings is 1. The van der Waals surface area contributed by atoms with Crippen LogP contribution in [0.4, 0.5) is 4.39 Å². The number of hydrogen-bond donors (Lipinski definition) is 3. The topological polar surface area (TPSA) is 121 Å². The lowest BCUT2D eigenvalue weighted by molar-refractivity contribution is 0.184. The summed E-state index contributed by atoms with van der Waals surface area (Å²) in [5.74, 6) is -0.732. The third kappa shape index (κ3) is 3.52. The second-order valence-corrected chi connectivity index (χ2v) is 8.61. The number of H-pyrrole nitrogens is 1. The lowest BCUT2D eigenvalue weighted by atomic mass is 10.1. The van der Waals surface area contributed by atoms with E-state index in [0.717, 1.165) is 28.3 Å². The van der Waals surface area contributed by atoms with Crippen molar-refractivity contribution in [3.8, 4) is 11.4 Å². The quantitative estimate of drug-likeness (QED) is 0.441.